The Hall–Kier alpha value is -2.95. The molecule has 0 spiro atoms. The number of aryl methyl sites for hydroxylation is 1. The van der Waals surface area contributed by atoms with Crippen LogP contribution in [0.4, 0.5) is 4.39 Å². The molecule has 0 aliphatic carbocycles. The summed E-state index contributed by atoms with van der Waals surface area (Å²) < 4.78 is 13.1. The van der Waals surface area contributed by atoms with Crippen molar-refractivity contribution in [3.05, 3.63) is 77.2 Å². The van der Waals surface area contributed by atoms with Gasteiger partial charge in [0, 0.05) is 12.1 Å². The summed E-state index contributed by atoms with van der Waals surface area (Å²) in [6, 6.07) is 16.3. The molecular formula is C21H20FN3O. The molecule has 4 nitrogen and oxygen atoms in total. The first-order valence-electron chi connectivity index (χ1n) is 8.81. The maximum absolute atomic E-state index is 13.1. The van der Waals surface area contributed by atoms with Crippen molar-refractivity contribution < 1.29 is 9.18 Å². The Morgan fingerprint density at radius 2 is 2.00 bits per heavy atom. The monoisotopic (exact) mass is 349 g/mol. The summed E-state index contributed by atoms with van der Waals surface area (Å²) in [6.07, 6.45) is 1.96. The number of carbonyl (C=O) groups is 1. The van der Waals surface area contributed by atoms with E-state index < -0.39 is 0 Å². The molecule has 5 heteroatoms. The number of nitrogens with one attached hydrogen (secondary N) is 1. The van der Waals surface area contributed by atoms with Crippen LogP contribution in [0.5, 0.6) is 0 Å². The molecule has 4 rings (SSSR count). The molecule has 1 amide bonds. The zero-order valence-electron chi connectivity index (χ0n) is 14.6. The average molecular weight is 349 g/mol. The summed E-state index contributed by atoms with van der Waals surface area (Å²) in [5, 5.41) is 7.07. The Bertz CT molecular complexity index is 932. The van der Waals surface area contributed by atoms with E-state index in [1.165, 1.54) is 23.3 Å². The summed E-state index contributed by atoms with van der Waals surface area (Å²) in [5.41, 5.74) is 4.25. The predicted octanol–water partition coefficient (Wildman–Crippen LogP) is 4.50. The van der Waals surface area contributed by atoms with E-state index >= 15 is 0 Å². The zero-order valence-corrected chi connectivity index (χ0v) is 14.6. The van der Waals surface area contributed by atoms with Gasteiger partial charge in [0.2, 0.25) is 0 Å². The minimum Gasteiger partial charge on any atom is -0.330 e. The van der Waals surface area contributed by atoms with E-state index in [0.717, 1.165) is 24.9 Å². The van der Waals surface area contributed by atoms with Crippen LogP contribution in [-0.4, -0.2) is 27.5 Å². The molecule has 1 atom stereocenters. The predicted molar refractivity (Wildman–Crippen MR) is 98.2 cm³/mol. The summed E-state index contributed by atoms with van der Waals surface area (Å²) in [7, 11) is 0. The molecule has 132 valence electrons. The van der Waals surface area contributed by atoms with Crippen LogP contribution in [0.25, 0.3) is 11.3 Å². The number of rotatable bonds is 3. The molecule has 0 saturated carbocycles. The highest BCUT2D eigenvalue weighted by molar-refractivity contribution is 5.93. The molecule has 3 aromatic rings. The van der Waals surface area contributed by atoms with Gasteiger partial charge in [-0.25, -0.2) is 4.39 Å². The number of carbonyl (C=O) groups excluding carboxylic acids is 1. The minimum absolute atomic E-state index is 0.0464. The Morgan fingerprint density at radius 3 is 2.77 bits per heavy atom. The highest BCUT2D eigenvalue weighted by atomic mass is 19.1. The third-order valence-corrected chi connectivity index (χ3v) is 4.89. The fourth-order valence-electron chi connectivity index (χ4n) is 3.59. The quantitative estimate of drug-likeness (QED) is 0.757. The molecule has 2 heterocycles. The third-order valence-electron chi connectivity index (χ3n) is 4.89. The Morgan fingerprint density at radius 1 is 1.19 bits per heavy atom. The maximum Gasteiger partial charge on any atom is 0.272 e. The molecule has 26 heavy (non-hydrogen) atoms. The van der Waals surface area contributed by atoms with Crippen LogP contribution < -0.4 is 0 Å². The lowest BCUT2D eigenvalue weighted by atomic mass is 10.0. The van der Waals surface area contributed by atoms with Gasteiger partial charge >= 0.3 is 0 Å². The number of amides is 1. The first-order valence-corrected chi connectivity index (χ1v) is 8.81. The summed E-state index contributed by atoms with van der Waals surface area (Å²) >= 11 is 0. The van der Waals surface area contributed by atoms with E-state index in [1.54, 1.807) is 18.2 Å². The molecule has 0 unspecified atom stereocenters. The summed E-state index contributed by atoms with van der Waals surface area (Å²) in [4.78, 5) is 14.9. The van der Waals surface area contributed by atoms with E-state index in [1.807, 2.05) is 11.0 Å². The van der Waals surface area contributed by atoms with Crippen LogP contribution in [0.2, 0.25) is 0 Å². The van der Waals surface area contributed by atoms with Gasteiger partial charge in [-0.05, 0) is 55.7 Å². The topological polar surface area (TPSA) is 49.0 Å². The number of halogens is 1. The second kappa shape index (κ2) is 6.75. The summed E-state index contributed by atoms with van der Waals surface area (Å²) in [6.45, 7) is 2.80. The van der Waals surface area contributed by atoms with Crippen LogP contribution in [0.3, 0.4) is 0 Å². The molecule has 0 radical (unpaired) electrons. The largest absolute Gasteiger partial charge is 0.330 e. The molecule has 2 aromatic carbocycles. The molecule has 1 aliphatic rings. The second-order valence-corrected chi connectivity index (χ2v) is 6.74. The van der Waals surface area contributed by atoms with Crippen molar-refractivity contribution in [1.82, 2.24) is 15.1 Å². The first kappa shape index (κ1) is 16.5. The van der Waals surface area contributed by atoms with Gasteiger partial charge in [0.25, 0.3) is 5.91 Å². The van der Waals surface area contributed by atoms with Crippen molar-refractivity contribution in [3.8, 4) is 11.3 Å². The van der Waals surface area contributed by atoms with E-state index in [9.17, 15) is 9.18 Å². The highest BCUT2D eigenvalue weighted by Gasteiger charge is 2.31. The first-order chi connectivity index (χ1) is 12.6. The highest BCUT2D eigenvalue weighted by Crippen LogP contribution is 2.33. The number of aromatic amines is 1. The smallest absolute Gasteiger partial charge is 0.272 e. The van der Waals surface area contributed by atoms with Crippen LogP contribution >= 0.6 is 0 Å². The number of benzene rings is 2. The van der Waals surface area contributed by atoms with Crippen molar-refractivity contribution in [1.29, 1.82) is 0 Å². The van der Waals surface area contributed by atoms with E-state index in [-0.39, 0.29) is 17.8 Å². The zero-order chi connectivity index (χ0) is 18.1. The Labute approximate surface area is 151 Å². The van der Waals surface area contributed by atoms with Crippen molar-refractivity contribution in [2.45, 2.75) is 25.8 Å². The number of H-pyrrole nitrogens is 1. The fourth-order valence-corrected chi connectivity index (χ4v) is 3.59. The summed E-state index contributed by atoms with van der Waals surface area (Å²) in [5.74, 6) is -0.339. The third kappa shape index (κ3) is 3.12. The molecule has 1 N–H and O–H groups in total. The molecular weight excluding hydrogens is 329 g/mol. The van der Waals surface area contributed by atoms with Crippen molar-refractivity contribution in [2.24, 2.45) is 0 Å². The number of aromatic nitrogens is 2. The van der Waals surface area contributed by atoms with E-state index in [2.05, 4.69) is 35.3 Å². The van der Waals surface area contributed by atoms with Crippen LogP contribution in [0.1, 0.15) is 40.5 Å². The number of likely N-dealkylation sites (tertiary alicyclic amines) is 1. The van der Waals surface area contributed by atoms with Crippen LogP contribution in [-0.2, 0) is 0 Å². The van der Waals surface area contributed by atoms with Crippen molar-refractivity contribution >= 4 is 5.91 Å². The van der Waals surface area contributed by atoms with Gasteiger partial charge in [-0.2, -0.15) is 5.10 Å². The fraction of sp³-hybridized carbons (Fsp3) is 0.238. The number of hydrogen-bond donors (Lipinski definition) is 1. The van der Waals surface area contributed by atoms with Gasteiger partial charge < -0.3 is 4.90 Å². The SMILES string of the molecule is Cc1cccc([C@@H]2CCCN2C(=O)c2cc(-c3ccc(F)cc3)n[nH]2)c1. The minimum atomic E-state index is -0.293. The Balaban J connectivity index is 1.58. The van der Waals surface area contributed by atoms with Gasteiger partial charge in [-0.15, -0.1) is 0 Å². The van der Waals surface area contributed by atoms with Gasteiger partial charge in [-0.3, -0.25) is 9.89 Å². The van der Waals surface area contributed by atoms with Crippen LogP contribution in [0, 0.1) is 12.7 Å². The molecule has 1 fully saturated rings. The Kier molecular flexibility index (Phi) is 4.29. The van der Waals surface area contributed by atoms with Gasteiger partial charge in [-0.1, -0.05) is 29.8 Å². The van der Waals surface area contributed by atoms with Crippen molar-refractivity contribution in [2.75, 3.05) is 6.54 Å². The number of hydrogen-bond acceptors (Lipinski definition) is 2. The standard InChI is InChI=1S/C21H20FN3O/c1-14-4-2-5-16(12-14)20-6-3-11-25(20)21(26)19-13-18(23-24-19)15-7-9-17(22)10-8-15/h2,4-5,7-10,12-13,20H,3,6,11H2,1H3,(H,23,24)/t20-/m0/s1. The average Bonchev–Trinajstić information content (AvgIpc) is 3.32. The maximum atomic E-state index is 13.1. The lowest BCUT2D eigenvalue weighted by Crippen LogP contribution is -2.30. The molecule has 0 bridgehead atoms. The lowest BCUT2D eigenvalue weighted by molar-refractivity contribution is 0.0729. The van der Waals surface area contributed by atoms with E-state index in [4.69, 9.17) is 0 Å². The molecule has 1 aliphatic heterocycles. The van der Waals surface area contributed by atoms with E-state index in [0.29, 0.717) is 11.4 Å². The van der Waals surface area contributed by atoms with Crippen molar-refractivity contribution in [3.63, 3.8) is 0 Å². The lowest BCUT2D eigenvalue weighted by Gasteiger charge is -2.24. The van der Waals surface area contributed by atoms with Crippen LogP contribution in [0.15, 0.2) is 54.6 Å². The number of nitrogens with zero attached hydrogens (tertiary/aromatic N) is 2. The van der Waals surface area contributed by atoms with Gasteiger partial charge in [0.1, 0.15) is 11.5 Å². The second-order valence-electron chi connectivity index (χ2n) is 6.74. The normalized spacial score (nSPS) is 16.8. The molecule has 1 aromatic heterocycles. The molecule has 1 saturated heterocycles. The van der Waals surface area contributed by atoms with Gasteiger partial charge in [0.15, 0.2) is 0 Å². The van der Waals surface area contributed by atoms with Gasteiger partial charge in [0.05, 0.1) is 11.7 Å².